The number of hydrogen-bond acceptors (Lipinski definition) is 10. The largest absolute Gasteiger partial charge is 0.317 e. The van der Waals surface area contributed by atoms with E-state index in [-0.39, 0.29) is 12.1 Å². The van der Waals surface area contributed by atoms with E-state index in [1.54, 1.807) is 10.7 Å². The fraction of sp³-hybridized carbons (Fsp3) is 0.833. The van der Waals surface area contributed by atoms with Crippen LogP contribution in [-0.2, 0) is 41.7 Å². The number of nitrogens with zero attached hydrogens (tertiary/aromatic N) is 2. The molecular formula is C12H22N2O4P2S6. The summed E-state index contributed by atoms with van der Waals surface area (Å²) in [5, 5.41) is 3.31. The fourth-order valence-electron chi connectivity index (χ4n) is 1.98. The molecule has 0 N–H and O–H groups in total. The first kappa shape index (κ1) is 24.2. The zero-order valence-corrected chi connectivity index (χ0v) is 21.1. The normalized spacial score (nSPS) is 24.9. The van der Waals surface area contributed by atoms with Gasteiger partial charge >= 0.3 is 0 Å². The van der Waals surface area contributed by atoms with Crippen molar-refractivity contribution in [3.63, 3.8) is 0 Å². The minimum atomic E-state index is -2.61. The summed E-state index contributed by atoms with van der Waals surface area (Å²) in [4.78, 5) is 0. The average molecular weight is 513 g/mol. The summed E-state index contributed by atoms with van der Waals surface area (Å²) in [5.74, 6) is 0. The second-order valence-corrected chi connectivity index (χ2v) is 15.1. The maximum Gasteiger partial charge on any atom is 0.275 e. The number of rotatable bonds is 9. The first-order valence-corrected chi connectivity index (χ1v) is 16.2. The van der Waals surface area contributed by atoms with Crippen LogP contribution in [0.1, 0.15) is 26.7 Å². The Bertz CT molecular complexity index is 530. The van der Waals surface area contributed by atoms with Crippen molar-refractivity contribution >= 4 is 94.0 Å². The quantitative estimate of drug-likeness (QED) is 0.183. The lowest BCUT2D eigenvalue weighted by Crippen LogP contribution is -2.31. The summed E-state index contributed by atoms with van der Waals surface area (Å²) in [5.41, 5.74) is 0. The Labute approximate surface area is 184 Å². The van der Waals surface area contributed by atoms with Crippen LogP contribution < -0.4 is 0 Å². The molecular weight excluding hydrogens is 490 g/mol. The molecule has 2 heterocycles. The second kappa shape index (κ2) is 11.4. The molecule has 0 aliphatic carbocycles. The van der Waals surface area contributed by atoms with Crippen LogP contribution in [0, 0.1) is 0 Å². The standard InChI is InChI=1S/C12H22N2O4P2S6/c1-11(9-21)13(19(23)15-5-3-6-16-19)25-26-14(12(2)10-22)20(24)17-7-4-8-18-20/h9-12H,3-8H2,1-2H3. The van der Waals surface area contributed by atoms with E-state index in [0.29, 0.717) is 26.4 Å². The van der Waals surface area contributed by atoms with Crippen LogP contribution in [0.3, 0.4) is 0 Å². The molecule has 2 unspecified atom stereocenters. The van der Waals surface area contributed by atoms with Crippen molar-refractivity contribution in [2.24, 2.45) is 0 Å². The first-order chi connectivity index (χ1) is 12.4. The SMILES string of the molecule is CC(C=S)N(SSN(C(C)C=S)P1(=S)OCCCO1)P1(=S)OCCCO1. The van der Waals surface area contributed by atoms with Gasteiger partial charge in [0.15, 0.2) is 0 Å². The summed E-state index contributed by atoms with van der Waals surface area (Å²) < 4.78 is 27.2. The van der Waals surface area contributed by atoms with Crippen LogP contribution in [0.5, 0.6) is 0 Å². The molecule has 0 saturated carbocycles. The van der Waals surface area contributed by atoms with E-state index < -0.39 is 13.3 Å². The van der Waals surface area contributed by atoms with Gasteiger partial charge in [0.05, 0.1) is 38.5 Å². The molecule has 0 aromatic rings. The molecule has 2 aliphatic rings. The van der Waals surface area contributed by atoms with Crippen molar-refractivity contribution in [3.8, 4) is 0 Å². The van der Waals surface area contributed by atoms with Crippen LogP contribution >= 0.6 is 59.7 Å². The highest BCUT2D eigenvalue weighted by molar-refractivity contribution is 8.76. The first-order valence-electron chi connectivity index (χ1n) is 7.99. The van der Waals surface area contributed by atoms with Gasteiger partial charge in [0.1, 0.15) is 0 Å². The zero-order valence-electron chi connectivity index (χ0n) is 14.4. The summed E-state index contributed by atoms with van der Waals surface area (Å²) in [7, 11) is 2.82. The monoisotopic (exact) mass is 512 g/mol. The van der Waals surface area contributed by atoms with Gasteiger partial charge in [0, 0.05) is 22.0 Å². The Kier molecular flexibility index (Phi) is 10.6. The number of hydrogen-bond donors (Lipinski definition) is 0. The molecule has 2 fully saturated rings. The van der Waals surface area contributed by atoms with E-state index in [0.717, 1.165) is 12.8 Å². The molecule has 0 spiro atoms. The topological polar surface area (TPSA) is 43.4 Å². The van der Waals surface area contributed by atoms with E-state index in [4.69, 9.17) is 66.1 Å². The third kappa shape index (κ3) is 6.22. The van der Waals surface area contributed by atoms with Crippen molar-refractivity contribution in [1.29, 1.82) is 0 Å². The molecule has 0 bridgehead atoms. The molecule has 2 rings (SSSR count). The predicted molar refractivity (Wildman–Crippen MR) is 127 cm³/mol. The Hall–Kier alpha value is 1.94. The van der Waals surface area contributed by atoms with Crippen LogP contribution in [-0.4, -0.2) is 57.4 Å². The third-order valence-electron chi connectivity index (χ3n) is 3.35. The van der Waals surface area contributed by atoms with Gasteiger partial charge in [-0.1, -0.05) is 24.4 Å². The molecule has 6 nitrogen and oxygen atoms in total. The Morgan fingerprint density at radius 3 is 1.35 bits per heavy atom. The van der Waals surface area contributed by atoms with E-state index >= 15 is 0 Å². The van der Waals surface area contributed by atoms with Crippen molar-refractivity contribution in [2.75, 3.05) is 26.4 Å². The zero-order chi connectivity index (χ0) is 19.2. The molecule has 0 radical (unpaired) electrons. The Balaban J connectivity index is 2.17. The van der Waals surface area contributed by atoms with Gasteiger partial charge in [-0.2, -0.15) is 8.15 Å². The molecule has 14 heteroatoms. The summed E-state index contributed by atoms with van der Waals surface area (Å²) in [6.07, 6.45) is 1.68. The summed E-state index contributed by atoms with van der Waals surface area (Å²) >= 11 is 21.7. The van der Waals surface area contributed by atoms with Gasteiger partial charge in [-0.25, -0.2) is 0 Å². The summed E-state index contributed by atoms with van der Waals surface area (Å²) in [6, 6.07) is -0.215. The molecule has 2 saturated heterocycles. The van der Waals surface area contributed by atoms with Crippen LogP contribution in [0.15, 0.2) is 0 Å². The smallest absolute Gasteiger partial charge is 0.275 e. The third-order valence-corrected chi connectivity index (χ3v) is 15.5. The van der Waals surface area contributed by atoms with E-state index in [1.165, 1.54) is 22.0 Å². The van der Waals surface area contributed by atoms with Crippen LogP contribution in [0.2, 0.25) is 0 Å². The maximum atomic E-state index is 5.84. The lowest BCUT2D eigenvalue weighted by molar-refractivity contribution is 0.160. The van der Waals surface area contributed by atoms with Crippen molar-refractivity contribution in [1.82, 2.24) is 8.15 Å². The van der Waals surface area contributed by atoms with Gasteiger partial charge < -0.3 is 18.1 Å². The van der Waals surface area contributed by atoms with Crippen LogP contribution in [0.4, 0.5) is 0 Å². The van der Waals surface area contributed by atoms with Crippen LogP contribution in [0.25, 0.3) is 0 Å². The van der Waals surface area contributed by atoms with E-state index in [2.05, 4.69) is 0 Å². The molecule has 2 atom stereocenters. The van der Waals surface area contributed by atoms with Crippen molar-refractivity contribution in [3.05, 3.63) is 0 Å². The van der Waals surface area contributed by atoms with Gasteiger partial charge in [0.25, 0.3) is 13.3 Å². The molecule has 150 valence electrons. The lowest BCUT2D eigenvalue weighted by Gasteiger charge is -2.40. The lowest BCUT2D eigenvalue weighted by atomic mass is 10.4. The van der Waals surface area contributed by atoms with Gasteiger partial charge in [0.2, 0.25) is 0 Å². The van der Waals surface area contributed by atoms with Crippen molar-refractivity contribution in [2.45, 2.75) is 38.8 Å². The molecule has 0 aromatic heterocycles. The Morgan fingerprint density at radius 1 is 0.769 bits per heavy atom. The van der Waals surface area contributed by atoms with E-state index in [9.17, 15) is 0 Å². The highest BCUT2D eigenvalue weighted by Crippen LogP contribution is 2.65. The van der Waals surface area contributed by atoms with Gasteiger partial charge in [-0.15, -0.1) is 0 Å². The minimum Gasteiger partial charge on any atom is -0.317 e. The molecule has 0 aromatic carbocycles. The highest BCUT2D eigenvalue weighted by Gasteiger charge is 2.39. The fourth-order valence-corrected chi connectivity index (χ4v) is 13.9. The molecule has 0 amide bonds. The minimum absolute atomic E-state index is 0.108. The highest BCUT2D eigenvalue weighted by atomic mass is 33.1. The van der Waals surface area contributed by atoms with Crippen molar-refractivity contribution < 1.29 is 18.1 Å². The molecule has 26 heavy (non-hydrogen) atoms. The number of thiocarbonyl (C=S) groups is 2. The Morgan fingerprint density at radius 2 is 1.08 bits per heavy atom. The summed E-state index contributed by atoms with van der Waals surface area (Å²) in [6.45, 7) is 1.08. The molecule has 2 aliphatic heterocycles. The second-order valence-electron chi connectivity index (χ2n) is 5.48. The van der Waals surface area contributed by atoms with Gasteiger partial charge in [-0.3, -0.25) is 0 Å². The van der Waals surface area contributed by atoms with Gasteiger partial charge in [-0.05, 0) is 61.0 Å². The van der Waals surface area contributed by atoms with E-state index in [1.807, 2.05) is 22.0 Å². The predicted octanol–water partition coefficient (Wildman–Crippen LogP) is 4.90. The maximum absolute atomic E-state index is 5.84. The average Bonchev–Trinajstić information content (AvgIpc) is 2.65.